The van der Waals surface area contributed by atoms with E-state index in [2.05, 4.69) is 10.6 Å². The Balaban J connectivity index is 2.14. The molecule has 1 aromatic rings. The van der Waals surface area contributed by atoms with Gasteiger partial charge in [-0.3, -0.25) is 14.9 Å². The van der Waals surface area contributed by atoms with E-state index in [-0.39, 0.29) is 6.54 Å². The molecule has 0 spiro atoms. The number of carbonyl (C=O) groups is 3. The first kappa shape index (κ1) is 14.8. The molecule has 1 heterocycles. The van der Waals surface area contributed by atoms with Crippen LogP contribution in [0.5, 0.6) is 5.75 Å². The SMILES string of the molecule is COc1ccc(NC(=O)N2CC(=O)NC(=O)C2(C)C)cc1. The molecule has 2 N–H and O–H groups in total. The zero-order valence-corrected chi connectivity index (χ0v) is 12.1. The van der Waals surface area contributed by atoms with Crippen LogP contribution in [0.15, 0.2) is 24.3 Å². The molecule has 0 atom stereocenters. The van der Waals surface area contributed by atoms with E-state index in [4.69, 9.17) is 4.74 Å². The third-order valence-corrected chi connectivity index (χ3v) is 3.37. The minimum Gasteiger partial charge on any atom is -0.497 e. The number of benzene rings is 1. The van der Waals surface area contributed by atoms with Gasteiger partial charge in [-0.1, -0.05) is 0 Å². The normalized spacial score (nSPS) is 17.2. The quantitative estimate of drug-likeness (QED) is 0.795. The van der Waals surface area contributed by atoms with Crippen LogP contribution in [0.4, 0.5) is 10.5 Å². The maximum absolute atomic E-state index is 12.3. The van der Waals surface area contributed by atoms with Gasteiger partial charge in [0.25, 0.3) is 5.91 Å². The number of imide groups is 1. The van der Waals surface area contributed by atoms with Crippen molar-refractivity contribution in [3.63, 3.8) is 0 Å². The molecule has 1 aromatic carbocycles. The number of nitrogens with zero attached hydrogens (tertiary/aromatic N) is 1. The second-order valence-corrected chi connectivity index (χ2v) is 5.18. The van der Waals surface area contributed by atoms with E-state index < -0.39 is 23.4 Å². The maximum atomic E-state index is 12.3. The van der Waals surface area contributed by atoms with Gasteiger partial charge in [0.05, 0.1) is 7.11 Å². The van der Waals surface area contributed by atoms with Crippen LogP contribution in [0.1, 0.15) is 13.8 Å². The van der Waals surface area contributed by atoms with E-state index in [9.17, 15) is 14.4 Å². The van der Waals surface area contributed by atoms with E-state index in [1.807, 2.05) is 0 Å². The van der Waals surface area contributed by atoms with Crippen LogP contribution in [0.2, 0.25) is 0 Å². The van der Waals surface area contributed by atoms with Gasteiger partial charge >= 0.3 is 6.03 Å². The van der Waals surface area contributed by atoms with Crippen molar-refractivity contribution in [2.75, 3.05) is 19.0 Å². The highest BCUT2D eigenvalue weighted by atomic mass is 16.5. The highest BCUT2D eigenvalue weighted by Crippen LogP contribution is 2.21. The van der Waals surface area contributed by atoms with Crippen molar-refractivity contribution in [2.24, 2.45) is 0 Å². The molecule has 0 aromatic heterocycles. The average molecular weight is 291 g/mol. The molecule has 112 valence electrons. The van der Waals surface area contributed by atoms with Crippen molar-refractivity contribution >= 4 is 23.5 Å². The Kier molecular flexibility index (Phi) is 3.84. The predicted molar refractivity (Wildman–Crippen MR) is 75.9 cm³/mol. The van der Waals surface area contributed by atoms with Gasteiger partial charge in [-0.25, -0.2) is 4.79 Å². The first-order valence-electron chi connectivity index (χ1n) is 6.41. The molecular weight excluding hydrogens is 274 g/mol. The highest BCUT2D eigenvalue weighted by Gasteiger charge is 2.43. The van der Waals surface area contributed by atoms with E-state index in [1.54, 1.807) is 45.2 Å². The van der Waals surface area contributed by atoms with Crippen LogP contribution in [0.3, 0.4) is 0 Å². The summed E-state index contributed by atoms with van der Waals surface area (Å²) in [7, 11) is 1.55. The molecule has 0 aliphatic carbocycles. The molecule has 1 saturated heterocycles. The standard InChI is InChI=1S/C14H17N3O4/c1-14(2)12(19)16-11(18)8-17(14)13(20)15-9-4-6-10(21-3)7-5-9/h4-7H,8H2,1-3H3,(H,15,20)(H,16,18,19). The first-order chi connectivity index (χ1) is 9.84. The minimum absolute atomic E-state index is 0.166. The third-order valence-electron chi connectivity index (χ3n) is 3.37. The fraction of sp³-hybridized carbons (Fsp3) is 0.357. The summed E-state index contributed by atoms with van der Waals surface area (Å²) in [6.07, 6.45) is 0. The van der Waals surface area contributed by atoms with Crippen molar-refractivity contribution in [1.29, 1.82) is 0 Å². The predicted octanol–water partition coefficient (Wildman–Crippen LogP) is 0.964. The van der Waals surface area contributed by atoms with Gasteiger partial charge in [0.15, 0.2) is 0 Å². The number of nitrogens with one attached hydrogen (secondary N) is 2. The molecule has 0 bridgehead atoms. The lowest BCUT2D eigenvalue weighted by molar-refractivity contribution is -0.142. The van der Waals surface area contributed by atoms with Crippen LogP contribution in [-0.2, 0) is 9.59 Å². The molecule has 7 heteroatoms. The second-order valence-electron chi connectivity index (χ2n) is 5.18. The number of hydrogen-bond acceptors (Lipinski definition) is 4. The molecule has 21 heavy (non-hydrogen) atoms. The number of rotatable bonds is 2. The van der Waals surface area contributed by atoms with Gasteiger partial charge in [0, 0.05) is 5.69 Å². The molecule has 0 radical (unpaired) electrons. The molecule has 1 aliphatic heterocycles. The second kappa shape index (κ2) is 5.43. The minimum atomic E-state index is -1.09. The maximum Gasteiger partial charge on any atom is 0.323 e. The number of ether oxygens (including phenoxy) is 1. The van der Waals surface area contributed by atoms with Crippen molar-refractivity contribution in [3.05, 3.63) is 24.3 Å². The molecule has 7 nitrogen and oxygen atoms in total. The van der Waals surface area contributed by atoms with Crippen LogP contribution in [0.25, 0.3) is 0 Å². The number of methoxy groups -OCH3 is 1. The van der Waals surface area contributed by atoms with Crippen molar-refractivity contribution in [1.82, 2.24) is 10.2 Å². The lowest BCUT2D eigenvalue weighted by atomic mass is 9.99. The van der Waals surface area contributed by atoms with Gasteiger partial charge in [0.1, 0.15) is 17.8 Å². The summed E-state index contributed by atoms with van der Waals surface area (Å²) in [6.45, 7) is 3.01. The first-order valence-corrected chi connectivity index (χ1v) is 6.41. The monoisotopic (exact) mass is 291 g/mol. The van der Waals surface area contributed by atoms with Crippen LogP contribution >= 0.6 is 0 Å². The highest BCUT2D eigenvalue weighted by molar-refractivity contribution is 6.07. The lowest BCUT2D eigenvalue weighted by Crippen LogP contribution is -2.66. The number of piperazine rings is 1. The molecule has 0 unspecified atom stereocenters. The molecule has 1 fully saturated rings. The Bertz CT molecular complexity index is 580. The van der Waals surface area contributed by atoms with Gasteiger partial charge in [-0.15, -0.1) is 0 Å². The Morgan fingerprint density at radius 1 is 1.29 bits per heavy atom. The Morgan fingerprint density at radius 3 is 2.48 bits per heavy atom. The fourth-order valence-electron chi connectivity index (χ4n) is 1.97. The lowest BCUT2D eigenvalue weighted by Gasteiger charge is -2.39. The summed E-state index contributed by atoms with van der Waals surface area (Å²) < 4.78 is 5.03. The van der Waals surface area contributed by atoms with Gasteiger partial charge in [0.2, 0.25) is 5.91 Å². The van der Waals surface area contributed by atoms with Crippen LogP contribution in [0, 0.1) is 0 Å². The van der Waals surface area contributed by atoms with Gasteiger partial charge in [-0.05, 0) is 38.1 Å². The summed E-state index contributed by atoms with van der Waals surface area (Å²) in [5.41, 5.74) is -0.542. The summed E-state index contributed by atoms with van der Waals surface area (Å²) in [5, 5.41) is 4.88. The zero-order chi connectivity index (χ0) is 15.6. The fourth-order valence-corrected chi connectivity index (χ4v) is 1.97. The number of urea groups is 1. The third kappa shape index (κ3) is 2.96. The van der Waals surface area contributed by atoms with Crippen molar-refractivity contribution < 1.29 is 19.1 Å². The smallest absolute Gasteiger partial charge is 0.323 e. The molecule has 4 amide bonds. The van der Waals surface area contributed by atoms with Crippen LogP contribution in [-0.4, -0.2) is 41.9 Å². The van der Waals surface area contributed by atoms with Crippen molar-refractivity contribution in [3.8, 4) is 5.75 Å². The molecule has 1 aliphatic rings. The van der Waals surface area contributed by atoms with Crippen molar-refractivity contribution in [2.45, 2.75) is 19.4 Å². The number of carbonyl (C=O) groups excluding carboxylic acids is 3. The molecular formula is C14H17N3O4. The largest absolute Gasteiger partial charge is 0.497 e. The topological polar surface area (TPSA) is 87.7 Å². The molecule has 2 rings (SSSR count). The van der Waals surface area contributed by atoms with Gasteiger partial charge in [-0.2, -0.15) is 0 Å². The number of anilines is 1. The van der Waals surface area contributed by atoms with Crippen LogP contribution < -0.4 is 15.4 Å². The number of hydrogen-bond donors (Lipinski definition) is 2. The van der Waals surface area contributed by atoms with Gasteiger partial charge < -0.3 is 15.0 Å². The van der Waals surface area contributed by atoms with E-state index in [1.165, 1.54) is 4.90 Å². The Morgan fingerprint density at radius 2 is 1.90 bits per heavy atom. The summed E-state index contributed by atoms with van der Waals surface area (Å²) >= 11 is 0. The Labute approximate surface area is 122 Å². The zero-order valence-electron chi connectivity index (χ0n) is 12.1. The summed E-state index contributed by atoms with van der Waals surface area (Å²) in [6, 6.07) is 6.25. The summed E-state index contributed by atoms with van der Waals surface area (Å²) in [5.74, 6) is -0.325. The van der Waals surface area contributed by atoms with E-state index in [0.29, 0.717) is 11.4 Å². The van der Waals surface area contributed by atoms with E-state index in [0.717, 1.165) is 0 Å². The van der Waals surface area contributed by atoms with E-state index >= 15 is 0 Å². The Hall–Kier alpha value is -2.57. The molecule has 0 saturated carbocycles. The number of amides is 4. The summed E-state index contributed by atoms with van der Waals surface area (Å²) in [4.78, 5) is 36.7. The average Bonchev–Trinajstić information content (AvgIpc) is 2.44.